The summed E-state index contributed by atoms with van der Waals surface area (Å²) in [4.78, 5) is 0.840. The van der Waals surface area contributed by atoms with E-state index in [1.165, 1.54) is 17.8 Å². The van der Waals surface area contributed by atoms with Gasteiger partial charge in [0.05, 0.1) is 5.56 Å². The molecule has 0 aromatic heterocycles. The van der Waals surface area contributed by atoms with Crippen LogP contribution in [0.3, 0.4) is 0 Å². The molecule has 0 radical (unpaired) electrons. The molecule has 0 aliphatic heterocycles. The third kappa shape index (κ3) is 2.25. The summed E-state index contributed by atoms with van der Waals surface area (Å²) >= 11 is 1.45. The third-order valence-electron chi connectivity index (χ3n) is 1.64. The van der Waals surface area contributed by atoms with Crippen molar-refractivity contribution in [2.24, 2.45) is 0 Å². The predicted octanol–water partition coefficient (Wildman–Crippen LogP) is -0.0400. The molecular weight excluding hydrogens is 185 g/mol. The van der Waals surface area contributed by atoms with Gasteiger partial charge in [-0.3, -0.25) is 0 Å². The first kappa shape index (κ1) is 10.1. The molecule has 5 heteroatoms. The first-order chi connectivity index (χ1) is 6.19. The van der Waals surface area contributed by atoms with E-state index in [2.05, 4.69) is 0 Å². The van der Waals surface area contributed by atoms with E-state index in [-0.39, 0.29) is 0 Å². The van der Waals surface area contributed by atoms with Crippen LogP contribution in [0, 0.1) is 11.3 Å². The lowest BCUT2D eigenvalue weighted by molar-refractivity contribution is 0.425. The molecule has 0 aliphatic rings. The minimum absolute atomic E-state index is 0.342. The Balaban J connectivity index is 3.15. The van der Waals surface area contributed by atoms with E-state index < -0.39 is 7.12 Å². The molecule has 13 heavy (non-hydrogen) atoms. The SMILES string of the molecule is CSc1ccc(B(O)O)cc1C#N. The van der Waals surface area contributed by atoms with E-state index in [1.807, 2.05) is 12.3 Å². The zero-order valence-corrected chi connectivity index (χ0v) is 7.88. The van der Waals surface area contributed by atoms with Crippen molar-refractivity contribution in [1.29, 1.82) is 5.26 Å². The number of nitrogens with zero attached hydrogens (tertiary/aromatic N) is 1. The summed E-state index contributed by atoms with van der Waals surface area (Å²) < 4.78 is 0. The van der Waals surface area contributed by atoms with Crippen LogP contribution in [-0.4, -0.2) is 23.4 Å². The quantitative estimate of drug-likeness (QED) is 0.511. The van der Waals surface area contributed by atoms with Crippen molar-refractivity contribution in [2.75, 3.05) is 6.26 Å². The lowest BCUT2D eigenvalue weighted by atomic mass is 9.80. The minimum atomic E-state index is -1.51. The fraction of sp³-hybridized carbons (Fsp3) is 0.125. The van der Waals surface area contributed by atoms with Crippen LogP contribution < -0.4 is 5.46 Å². The van der Waals surface area contributed by atoms with Gasteiger partial charge in [-0.15, -0.1) is 11.8 Å². The maximum atomic E-state index is 8.85. The third-order valence-corrected chi connectivity index (χ3v) is 2.44. The molecule has 2 N–H and O–H groups in total. The highest BCUT2D eigenvalue weighted by atomic mass is 32.2. The smallest absolute Gasteiger partial charge is 0.423 e. The molecule has 0 unspecified atom stereocenters. The summed E-state index contributed by atoms with van der Waals surface area (Å²) in [6.45, 7) is 0. The first-order valence-corrected chi connectivity index (χ1v) is 4.85. The van der Waals surface area contributed by atoms with Crippen LogP contribution in [0.25, 0.3) is 0 Å². The van der Waals surface area contributed by atoms with Crippen LogP contribution >= 0.6 is 11.8 Å². The maximum absolute atomic E-state index is 8.85. The molecule has 1 rings (SSSR count). The molecule has 0 fully saturated rings. The molecule has 0 spiro atoms. The normalized spacial score (nSPS) is 9.38. The standard InChI is InChI=1S/C8H8BNO2S/c1-13-8-3-2-7(9(11)12)4-6(8)5-10/h2-4,11-12H,1H3. The van der Waals surface area contributed by atoms with Gasteiger partial charge in [0.15, 0.2) is 0 Å². The summed E-state index contributed by atoms with van der Waals surface area (Å²) in [7, 11) is -1.51. The number of hydrogen-bond donors (Lipinski definition) is 2. The Morgan fingerprint density at radius 2 is 2.15 bits per heavy atom. The zero-order chi connectivity index (χ0) is 9.84. The highest BCUT2D eigenvalue weighted by molar-refractivity contribution is 7.98. The molecule has 1 aromatic rings. The van der Waals surface area contributed by atoms with Crippen molar-refractivity contribution in [3.63, 3.8) is 0 Å². The molecule has 66 valence electrons. The first-order valence-electron chi connectivity index (χ1n) is 3.63. The Bertz CT molecular complexity index is 348. The van der Waals surface area contributed by atoms with Gasteiger partial charge in [-0.2, -0.15) is 5.26 Å². The molecule has 0 atom stereocenters. The average molecular weight is 193 g/mol. The van der Waals surface area contributed by atoms with Crippen molar-refractivity contribution in [1.82, 2.24) is 0 Å². The Morgan fingerprint density at radius 3 is 2.62 bits per heavy atom. The molecular formula is C8H8BNO2S. The van der Waals surface area contributed by atoms with Crippen LogP contribution in [0.4, 0.5) is 0 Å². The molecule has 0 saturated heterocycles. The van der Waals surface area contributed by atoms with Crippen molar-refractivity contribution in [2.45, 2.75) is 4.90 Å². The van der Waals surface area contributed by atoms with E-state index in [9.17, 15) is 0 Å². The van der Waals surface area contributed by atoms with Crippen molar-refractivity contribution >= 4 is 24.3 Å². The Hall–Kier alpha value is -0.955. The van der Waals surface area contributed by atoms with Crippen LogP contribution in [0.15, 0.2) is 23.1 Å². The highest BCUT2D eigenvalue weighted by Gasteiger charge is 2.12. The summed E-state index contributed by atoms with van der Waals surface area (Å²) in [6, 6.07) is 6.78. The second-order valence-corrected chi connectivity index (χ2v) is 3.29. The van der Waals surface area contributed by atoms with Gasteiger partial charge in [0.1, 0.15) is 6.07 Å². The number of nitriles is 1. The largest absolute Gasteiger partial charge is 0.488 e. The van der Waals surface area contributed by atoms with E-state index in [4.69, 9.17) is 15.3 Å². The van der Waals surface area contributed by atoms with Gasteiger partial charge >= 0.3 is 7.12 Å². The summed E-state index contributed by atoms with van der Waals surface area (Å²) in [5.74, 6) is 0. The topological polar surface area (TPSA) is 64.2 Å². The van der Waals surface area contributed by atoms with Gasteiger partial charge in [0, 0.05) is 4.90 Å². The lowest BCUT2D eigenvalue weighted by Crippen LogP contribution is -2.29. The second-order valence-electron chi connectivity index (χ2n) is 2.45. The Labute approximate surface area is 81.2 Å². The summed E-state index contributed by atoms with van der Waals surface area (Å²) in [5.41, 5.74) is 0.812. The van der Waals surface area contributed by atoms with Gasteiger partial charge < -0.3 is 10.0 Å². The fourth-order valence-electron chi connectivity index (χ4n) is 0.974. The molecule has 0 saturated carbocycles. The van der Waals surface area contributed by atoms with Gasteiger partial charge in [0.2, 0.25) is 0 Å². The fourth-order valence-corrected chi connectivity index (χ4v) is 1.50. The van der Waals surface area contributed by atoms with E-state index >= 15 is 0 Å². The van der Waals surface area contributed by atoms with Gasteiger partial charge in [-0.1, -0.05) is 6.07 Å². The molecule has 3 nitrogen and oxygen atoms in total. The molecule has 0 amide bonds. The molecule has 1 aromatic carbocycles. The predicted molar refractivity (Wildman–Crippen MR) is 52.8 cm³/mol. The molecule has 0 bridgehead atoms. The Morgan fingerprint density at radius 1 is 1.46 bits per heavy atom. The van der Waals surface area contributed by atoms with Crippen LogP contribution in [0.5, 0.6) is 0 Å². The lowest BCUT2D eigenvalue weighted by Gasteiger charge is -2.03. The number of benzene rings is 1. The molecule has 0 aliphatic carbocycles. The second kappa shape index (κ2) is 4.33. The zero-order valence-electron chi connectivity index (χ0n) is 7.06. The van der Waals surface area contributed by atoms with Crippen molar-refractivity contribution in [3.05, 3.63) is 23.8 Å². The number of thioether (sulfide) groups is 1. The van der Waals surface area contributed by atoms with Gasteiger partial charge in [-0.25, -0.2) is 0 Å². The highest BCUT2D eigenvalue weighted by Crippen LogP contribution is 2.17. The van der Waals surface area contributed by atoms with E-state index in [0.717, 1.165) is 4.90 Å². The summed E-state index contributed by atoms with van der Waals surface area (Å²) in [6.07, 6.45) is 1.87. The van der Waals surface area contributed by atoms with E-state index in [0.29, 0.717) is 11.0 Å². The molecule has 0 heterocycles. The van der Waals surface area contributed by atoms with Crippen LogP contribution in [-0.2, 0) is 0 Å². The number of hydrogen-bond acceptors (Lipinski definition) is 4. The summed E-state index contributed by atoms with van der Waals surface area (Å²) in [5, 5.41) is 26.4. The minimum Gasteiger partial charge on any atom is -0.423 e. The maximum Gasteiger partial charge on any atom is 0.488 e. The number of rotatable bonds is 2. The van der Waals surface area contributed by atoms with Crippen LogP contribution in [0.1, 0.15) is 5.56 Å². The monoisotopic (exact) mass is 193 g/mol. The van der Waals surface area contributed by atoms with Gasteiger partial charge in [-0.05, 0) is 23.9 Å². The van der Waals surface area contributed by atoms with Gasteiger partial charge in [0.25, 0.3) is 0 Å². The Kier molecular flexibility index (Phi) is 3.37. The van der Waals surface area contributed by atoms with Crippen LogP contribution in [0.2, 0.25) is 0 Å². The van der Waals surface area contributed by atoms with E-state index in [1.54, 1.807) is 12.1 Å². The average Bonchev–Trinajstić information content (AvgIpc) is 2.16. The van der Waals surface area contributed by atoms with Crippen molar-refractivity contribution < 1.29 is 10.0 Å². The van der Waals surface area contributed by atoms with Crippen molar-refractivity contribution in [3.8, 4) is 6.07 Å².